The number of aromatic nitrogens is 2. The molecule has 0 bridgehead atoms. The lowest BCUT2D eigenvalue weighted by molar-refractivity contribution is 0.122. The molecule has 0 unspecified atom stereocenters. The van der Waals surface area contributed by atoms with Crippen LogP contribution in [-0.2, 0) is 11.3 Å². The van der Waals surface area contributed by atoms with Gasteiger partial charge in [0.2, 0.25) is 5.95 Å². The van der Waals surface area contributed by atoms with Gasteiger partial charge in [-0.2, -0.15) is 4.98 Å². The van der Waals surface area contributed by atoms with Crippen LogP contribution in [0.5, 0.6) is 0 Å². The van der Waals surface area contributed by atoms with Gasteiger partial charge in [-0.3, -0.25) is 0 Å². The monoisotopic (exact) mass is 270 g/mol. The zero-order valence-corrected chi connectivity index (χ0v) is 11.3. The van der Waals surface area contributed by atoms with Gasteiger partial charge in [-0.25, -0.2) is 4.98 Å². The van der Waals surface area contributed by atoms with E-state index in [0.29, 0.717) is 5.95 Å². The van der Waals surface area contributed by atoms with Gasteiger partial charge in [-0.15, -0.1) is 0 Å². The van der Waals surface area contributed by atoms with Gasteiger partial charge in [-0.1, -0.05) is 30.3 Å². The minimum Gasteiger partial charge on any atom is -0.378 e. The van der Waals surface area contributed by atoms with Crippen molar-refractivity contribution in [2.45, 2.75) is 6.54 Å². The molecule has 1 saturated heterocycles. The van der Waals surface area contributed by atoms with E-state index in [1.807, 2.05) is 24.3 Å². The zero-order chi connectivity index (χ0) is 13.6. The number of hydrogen-bond acceptors (Lipinski definition) is 5. The van der Waals surface area contributed by atoms with E-state index in [-0.39, 0.29) is 0 Å². The van der Waals surface area contributed by atoms with Crippen molar-refractivity contribution in [3.05, 3.63) is 48.2 Å². The van der Waals surface area contributed by atoms with Crippen LogP contribution in [0.25, 0.3) is 0 Å². The van der Waals surface area contributed by atoms with Gasteiger partial charge in [0.05, 0.1) is 13.2 Å². The summed E-state index contributed by atoms with van der Waals surface area (Å²) in [6.07, 6.45) is 1.80. The molecule has 0 radical (unpaired) electrons. The van der Waals surface area contributed by atoms with Gasteiger partial charge in [0.15, 0.2) is 0 Å². The molecular formula is C15H18N4O. The van der Waals surface area contributed by atoms with E-state index in [1.165, 1.54) is 5.56 Å². The quantitative estimate of drug-likeness (QED) is 0.920. The molecule has 0 atom stereocenters. The normalized spacial score (nSPS) is 15.1. The fourth-order valence-electron chi connectivity index (χ4n) is 2.18. The molecule has 0 amide bonds. The van der Waals surface area contributed by atoms with Gasteiger partial charge in [-0.05, 0) is 11.6 Å². The number of anilines is 2. The predicted octanol–water partition coefficient (Wildman–Crippen LogP) is 1.93. The molecule has 1 aliphatic rings. The third-order valence-electron chi connectivity index (χ3n) is 3.27. The summed E-state index contributed by atoms with van der Waals surface area (Å²) < 4.78 is 5.36. The molecule has 2 aromatic rings. The fourth-order valence-corrected chi connectivity index (χ4v) is 2.18. The summed E-state index contributed by atoms with van der Waals surface area (Å²) >= 11 is 0. The highest BCUT2D eigenvalue weighted by Gasteiger charge is 2.12. The maximum absolute atomic E-state index is 5.36. The molecule has 0 saturated carbocycles. The number of morpholine rings is 1. The summed E-state index contributed by atoms with van der Waals surface area (Å²) in [5, 5.41) is 3.26. The summed E-state index contributed by atoms with van der Waals surface area (Å²) in [6, 6.07) is 12.2. The first-order valence-electron chi connectivity index (χ1n) is 6.85. The summed E-state index contributed by atoms with van der Waals surface area (Å²) in [5.41, 5.74) is 1.22. The lowest BCUT2D eigenvalue weighted by Gasteiger charge is -2.27. The number of hydrogen-bond donors (Lipinski definition) is 1. The van der Waals surface area contributed by atoms with E-state index in [9.17, 15) is 0 Å². The van der Waals surface area contributed by atoms with Gasteiger partial charge < -0.3 is 15.0 Å². The maximum atomic E-state index is 5.36. The van der Waals surface area contributed by atoms with Crippen molar-refractivity contribution in [2.24, 2.45) is 0 Å². The molecule has 1 aromatic carbocycles. The molecule has 1 N–H and O–H groups in total. The second-order valence-electron chi connectivity index (χ2n) is 4.68. The number of rotatable bonds is 4. The summed E-state index contributed by atoms with van der Waals surface area (Å²) in [7, 11) is 0. The third kappa shape index (κ3) is 3.24. The molecule has 0 aliphatic carbocycles. The predicted molar refractivity (Wildman–Crippen MR) is 78.8 cm³/mol. The van der Waals surface area contributed by atoms with E-state index in [0.717, 1.165) is 38.7 Å². The Morgan fingerprint density at radius 2 is 1.90 bits per heavy atom. The molecule has 5 nitrogen and oxygen atoms in total. The van der Waals surface area contributed by atoms with Crippen LogP contribution in [0, 0.1) is 0 Å². The van der Waals surface area contributed by atoms with Crippen molar-refractivity contribution >= 4 is 11.8 Å². The number of nitrogens with zero attached hydrogens (tertiary/aromatic N) is 3. The third-order valence-corrected chi connectivity index (χ3v) is 3.27. The molecule has 1 aromatic heterocycles. The van der Waals surface area contributed by atoms with Gasteiger partial charge in [0.25, 0.3) is 0 Å². The highest BCUT2D eigenvalue weighted by molar-refractivity contribution is 5.43. The van der Waals surface area contributed by atoms with E-state index in [2.05, 4.69) is 32.3 Å². The standard InChI is InChI=1S/C15H18N4O/c1-2-4-13(5-3-1)12-17-15-16-7-6-14(18-15)19-8-10-20-11-9-19/h1-7H,8-12H2,(H,16,17,18). The van der Waals surface area contributed by atoms with Crippen LogP contribution >= 0.6 is 0 Å². The van der Waals surface area contributed by atoms with Crippen LogP contribution in [0.2, 0.25) is 0 Å². The first-order valence-corrected chi connectivity index (χ1v) is 6.85. The van der Waals surface area contributed by atoms with Crippen LogP contribution in [0.1, 0.15) is 5.56 Å². The minimum atomic E-state index is 0.665. The topological polar surface area (TPSA) is 50.3 Å². The van der Waals surface area contributed by atoms with Crippen LogP contribution in [-0.4, -0.2) is 36.3 Å². The SMILES string of the molecule is c1ccc(CNc2nccc(N3CCOCC3)n2)cc1. The van der Waals surface area contributed by atoms with Gasteiger partial charge >= 0.3 is 0 Å². The number of nitrogens with one attached hydrogen (secondary N) is 1. The zero-order valence-electron chi connectivity index (χ0n) is 11.3. The largest absolute Gasteiger partial charge is 0.378 e. The second kappa shape index (κ2) is 6.34. The first-order chi connectivity index (χ1) is 9.92. The summed E-state index contributed by atoms with van der Waals surface area (Å²) in [4.78, 5) is 11.0. The van der Waals surface area contributed by atoms with E-state index >= 15 is 0 Å². The Bertz CT molecular complexity index is 541. The molecule has 3 rings (SSSR count). The molecule has 2 heterocycles. The smallest absolute Gasteiger partial charge is 0.224 e. The minimum absolute atomic E-state index is 0.665. The van der Waals surface area contributed by atoms with Crippen LogP contribution in [0.15, 0.2) is 42.6 Å². The van der Waals surface area contributed by atoms with Crippen molar-refractivity contribution in [3.63, 3.8) is 0 Å². The molecular weight excluding hydrogens is 252 g/mol. The Balaban J connectivity index is 1.65. The van der Waals surface area contributed by atoms with Crippen molar-refractivity contribution in [1.29, 1.82) is 0 Å². The van der Waals surface area contributed by atoms with Crippen LogP contribution in [0.4, 0.5) is 11.8 Å². The Morgan fingerprint density at radius 1 is 1.10 bits per heavy atom. The number of benzene rings is 1. The Hall–Kier alpha value is -2.14. The highest BCUT2D eigenvalue weighted by Crippen LogP contribution is 2.14. The second-order valence-corrected chi connectivity index (χ2v) is 4.68. The lowest BCUT2D eigenvalue weighted by atomic mass is 10.2. The molecule has 0 spiro atoms. The summed E-state index contributed by atoms with van der Waals surface area (Å²) in [5.74, 6) is 1.62. The van der Waals surface area contributed by atoms with Crippen molar-refractivity contribution in [3.8, 4) is 0 Å². The van der Waals surface area contributed by atoms with Crippen LogP contribution in [0.3, 0.4) is 0 Å². The highest BCUT2D eigenvalue weighted by atomic mass is 16.5. The average molecular weight is 270 g/mol. The first kappa shape index (κ1) is 12.9. The lowest BCUT2D eigenvalue weighted by Crippen LogP contribution is -2.36. The van der Waals surface area contributed by atoms with Crippen molar-refractivity contribution < 1.29 is 4.74 Å². The van der Waals surface area contributed by atoms with Gasteiger partial charge in [0.1, 0.15) is 5.82 Å². The Labute approximate surface area is 118 Å². The summed E-state index contributed by atoms with van der Waals surface area (Å²) in [6.45, 7) is 4.02. The Kier molecular flexibility index (Phi) is 4.08. The van der Waals surface area contributed by atoms with E-state index in [1.54, 1.807) is 6.20 Å². The molecule has 20 heavy (non-hydrogen) atoms. The van der Waals surface area contributed by atoms with E-state index in [4.69, 9.17) is 4.74 Å². The van der Waals surface area contributed by atoms with Crippen molar-refractivity contribution in [1.82, 2.24) is 9.97 Å². The van der Waals surface area contributed by atoms with Gasteiger partial charge in [0, 0.05) is 25.8 Å². The number of ether oxygens (including phenoxy) is 1. The molecule has 1 aliphatic heterocycles. The fraction of sp³-hybridized carbons (Fsp3) is 0.333. The van der Waals surface area contributed by atoms with Crippen molar-refractivity contribution in [2.75, 3.05) is 36.5 Å². The molecule has 5 heteroatoms. The molecule has 1 fully saturated rings. The molecule has 104 valence electrons. The van der Waals surface area contributed by atoms with E-state index < -0.39 is 0 Å². The maximum Gasteiger partial charge on any atom is 0.224 e. The van der Waals surface area contributed by atoms with Crippen LogP contribution < -0.4 is 10.2 Å². The Morgan fingerprint density at radius 3 is 2.70 bits per heavy atom. The average Bonchev–Trinajstić information content (AvgIpc) is 2.55.